The highest BCUT2D eigenvalue weighted by Gasteiger charge is 2.40. The van der Waals surface area contributed by atoms with E-state index in [1.165, 1.54) is 29.2 Å². The minimum atomic E-state index is -1.72. The average molecular weight is 495 g/mol. The standard InChI is InChI=1S/C16H21F2NO2.C11H13F2N/c1-15(2,3)21-14(20)19-10-8-16(18,9-11-19)12-6-4-5-7-13(12)17;12-10-4-2-1-3-9(10)11(13)5-7-14-8-6-11/h4-7H,8-11H2,1-3H3;1-4,14H,5-8H2. The van der Waals surface area contributed by atoms with Crippen LogP contribution in [0, 0.1) is 11.6 Å². The molecular formula is C27H34F4N2O2. The smallest absolute Gasteiger partial charge is 0.410 e. The van der Waals surface area contributed by atoms with Crippen molar-refractivity contribution in [3.05, 3.63) is 71.3 Å². The number of hydrogen-bond donors (Lipinski definition) is 1. The first-order valence-corrected chi connectivity index (χ1v) is 12.0. The second-order valence-electron chi connectivity index (χ2n) is 10.1. The molecule has 0 spiro atoms. The summed E-state index contributed by atoms with van der Waals surface area (Å²) >= 11 is 0. The highest BCUT2D eigenvalue weighted by atomic mass is 19.2. The summed E-state index contributed by atoms with van der Waals surface area (Å²) in [5.74, 6) is -0.970. The fourth-order valence-electron chi connectivity index (χ4n) is 4.38. The number of nitrogens with zero attached hydrogens (tertiary/aromatic N) is 1. The molecule has 2 aromatic rings. The molecule has 1 amide bonds. The number of ether oxygens (including phenoxy) is 1. The minimum absolute atomic E-state index is 0.0766. The summed E-state index contributed by atoms with van der Waals surface area (Å²) in [5, 5.41) is 3.07. The largest absolute Gasteiger partial charge is 0.444 e. The molecule has 2 aromatic carbocycles. The Labute approximate surface area is 204 Å². The molecule has 2 saturated heterocycles. The fourth-order valence-corrected chi connectivity index (χ4v) is 4.38. The molecule has 8 heteroatoms. The van der Waals surface area contributed by atoms with Crippen molar-refractivity contribution in [3.8, 4) is 0 Å². The van der Waals surface area contributed by atoms with E-state index in [0.29, 0.717) is 25.9 Å². The summed E-state index contributed by atoms with van der Waals surface area (Å²) in [6.45, 7) is 7.03. The van der Waals surface area contributed by atoms with Crippen molar-refractivity contribution in [1.82, 2.24) is 10.2 Å². The molecule has 192 valence electrons. The number of carbonyl (C=O) groups excluding carboxylic acids is 1. The van der Waals surface area contributed by atoms with Crippen molar-refractivity contribution in [1.29, 1.82) is 0 Å². The van der Waals surface area contributed by atoms with E-state index in [1.807, 2.05) is 0 Å². The summed E-state index contributed by atoms with van der Waals surface area (Å²) < 4.78 is 61.6. The molecule has 0 radical (unpaired) electrons. The molecule has 0 aromatic heterocycles. The third kappa shape index (κ3) is 6.97. The summed E-state index contributed by atoms with van der Waals surface area (Å²) in [6.07, 6.45) is 0.417. The maximum absolute atomic E-state index is 14.9. The predicted molar refractivity (Wildman–Crippen MR) is 128 cm³/mol. The van der Waals surface area contributed by atoms with Gasteiger partial charge in [0.1, 0.15) is 28.6 Å². The number of likely N-dealkylation sites (tertiary alicyclic amines) is 1. The molecule has 35 heavy (non-hydrogen) atoms. The predicted octanol–water partition coefficient (Wildman–Crippen LogP) is 6.40. The van der Waals surface area contributed by atoms with Gasteiger partial charge in [-0.3, -0.25) is 0 Å². The van der Waals surface area contributed by atoms with Crippen LogP contribution in [0.4, 0.5) is 22.4 Å². The van der Waals surface area contributed by atoms with Crippen molar-refractivity contribution in [2.45, 2.75) is 63.4 Å². The molecule has 0 aliphatic carbocycles. The molecule has 0 unspecified atom stereocenters. The number of rotatable bonds is 2. The lowest BCUT2D eigenvalue weighted by atomic mass is 9.86. The number of carbonyl (C=O) groups is 1. The van der Waals surface area contributed by atoms with Gasteiger partial charge in [0.05, 0.1) is 0 Å². The Morgan fingerprint density at radius 3 is 1.69 bits per heavy atom. The Hall–Kier alpha value is -2.61. The lowest BCUT2D eigenvalue weighted by Gasteiger charge is -2.37. The van der Waals surface area contributed by atoms with Crippen molar-refractivity contribution < 1.29 is 27.1 Å². The van der Waals surface area contributed by atoms with Crippen molar-refractivity contribution in [2.75, 3.05) is 26.2 Å². The van der Waals surface area contributed by atoms with E-state index in [1.54, 1.807) is 45.0 Å². The van der Waals surface area contributed by atoms with Crippen molar-refractivity contribution in [2.24, 2.45) is 0 Å². The van der Waals surface area contributed by atoms with Crippen LogP contribution >= 0.6 is 0 Å². The van der Waals surface area contributed by atoms with E-state index >= 15 is 0 Å². The molecule has 1 N–H and O–H groups in total. The zero-order valence-electron chi connectivity index (χ0n) is 20.6. The van der Waals surface area contributed by atoms with E-state index < -0.39 is 34.7 Å². The van der Waals surface area contributed by atoms with Crippen LogP contribution in [0.1, 0.15) is 57.6 Å². The normalized spacial score (nSPS) is 19.3. The SMILES string of the molecule is CC(C)(C)OC(=O)N1CCC(F)(c2ccccc2F)CC1.Fc1ccccc1C1(F)CCNCC1. The molecule has 4 nitrogen and oxygen atoms in total. The van der Waals surface area contributed by atoms with Gasteiger partial charge in [0.2, 0.25) is 0 Å². The van der Waals surface area contributed by atoms with E-state index in [-0.39, 0.29) is 37.1 Å². The Kier molecular flexibility index (Phi) is 8.46. The van der Waals surface area contributed by atoms with Gasteiger partial charge in [-0.25, -0.2) is 22.4 Å². The summed E-state index contributed by atoms with van der Waals surface area (Å²) in [5.41, 5.74) is -3.48. The lowest BCUT2D eigenvalue weighted by Crippen LogP contribution is -2.45. The number of amides is 1. The van der Waals surface area contributed by atoms with Gasteiger partial charge in [0, 0.05) is 37.1 Å². The second-order valence-corrected chi connectivity index (χ2v) is 10.1. The molecule has 2 heterocycles. The van der Waals surface area contributed by atoms with Gasteiger partial charge in [-0.05, 0) is 58.8 Å². The molecule has 2 aliphatic rings. The molecule has 0 atom stereocenters. The van der Waals surface area contributed by atoms with Crippen molar-refractivity contribution in [3.63, 3.8) is 0 Å². The third-order valence-electron chi connectivity index (χ3n) is 6.32. The fraction of sp³-hybridized carbons (Fsp3) is 0.519. The first kappa shape index (κ1) is 27.0. The molecule has 0 bridgehead atoms. The van der Waals surface area contributed by atoms with Gasteiger partial charge in [-0.1, -0.05) is 36.4 Å². The average Bonchev–Trinajstić information content (AvgIpc) is 2.80. The first-order chi connectivity index (χ1) is 16.4. The Morgan fingerprint density at radius 2 is 1.26 bits per heavy atom. The topological polar surface area (TPSA) is 41.6 Å². The number of hydrogen-bond acceptors (Lipinski definition) is 3. The van der Waals surface area contributed by atoms with Gasteiger partial charge in [-0.2, -0.15) is 0 Å². The van der Waals surface area contributed by atoms with Gasteiger partial charge < -0.3 is 15.0 Å². The Morgan fingerprint density at radius 1 is 0.829 bits per heavy atom. The van der Waals surface area contributed by atoms with Gasteiger partial charge in [-0.15, -0.1) is 0 Å². The van der Waals surface area contributed by atoms with Crippen LogP contribution < -0.4 is 5.32 Å². The number of benzene rings is 2. The summed E-state index contributed by atoms with van der Waals surface area (Å²) in [6, 6.07) is 12.0. The lowest BCUT2D eigenvalue weighted by molar-refractivity contribution is 0.00151. The van der Waals surface area contributed by atoms with Crippen LogP contribution in [0.2, 0.25) is 0 Å². The van der Waals surface area contributed by atoms with Crippen LogP contribution in [0.25, 0.3) is 0 Å². The maximum Gasteiger partial charge on any atom is 0.410 e. The van der Waals surface area contributed by atoms with Crippen LogP contribution in [0.15, 0.2) is 48.5 Å². The van der Waals surface area contributed by atoms with Crippen LogP contribution in [-0.4, -0.2) is 42.8 Å². The third-order valence-corrected chi connectivity index (χ3v) is 6.32. The molecule has 2 fully saturated rings. The van der Waals surface area contributed by atoms with E-state index in [4.69, 9.17) is 4.74 Å². The van der Waals surface area contributed by atoms with Gasteiger partial charge in [0.15, 0.2) is 0 Å². The molecule has 2 aliphatic heterocycles. The van der Waals surface area contributed by atoms with E-state index in [2.05, 4.69) is 5.32 Å². The molecule has 0 saturated carbocycles. The zero-order valence-corrected chi connectivity index (χ0v) is 20.6. The minimum Gasteiger partial charge on any atom is -0.444 e. The van der Waals surface area contributed by atoms with Crippen LogP contribution in [0.5, 0.6) is 0 Å². The summed E-state index contributed by atoms with van der Waals surface area (Å²) in [7, 11) is 0. The number of alkyl halides is 2. The highest BCUT2D eigenvalue weighted by molar-refractivity contribution is 5.68. The zero-order chi connectivity index (χ0) is 25.7. The molecular weight excluding hydrogens is 460 g/mol. The highest BCUT2D eigenvalue weighted by Crippen LogP contribution is 2.38. The number of nitrogens with one attached hydrogen (secondary N) is 1. The molecule has 4 rings (SSSR count). The maximum atomic E-state index is 14.9. The second kappa shape index (κ2) is 11.0. The van der Waals surface area contributed by atoms with Gasteiger partial charge >= 0.3 is 6.09 Å². The monoisotopic (exact) mass is 494 g/mol. The Bertz CT molecular complexity index is 995. The van der Waals surface area contributed by atoms with Crippen LogP contribution in [-0.2, 0) is 16.1 Å². The van der Waals surface area contributed by atoms with Crippen LogP contribution in [0.3, 0.4) is 0 Å². The van der Waals surface area contributed by atoms with E-state index in [9.17, 15) is 22.4 Å². The quantitative estimate of drug-likeness (QED) is 0.492. The summed E-state index contributed by atoms with van der Waals surface area (Å²) in [4.78, 5) is 13.4. The van der Waals surface area contributed by atoms with Crippen molar-refractivity contribution >= 4 is 6.09 Å². The van der Waals surface area contributed by atoms with Gasteiger partial charge in [0.25, 0.3) is 0 Å². The first-order valence-electron chi connectivity index (χ1n) is 12.0. The number of piperidine rings is 2. The number of halogens is 4. The van der Waals surface area contributed by atoms with E-state index in [0.717, 1.165) is 0 Å². The Balaban J connectivity index is 0.000000211.